The van der Waals surface area contributed by atoms with Crippen molar-refractivity contribution >= 4 is 5.69 Å². The summed E-state index contributed by atoms with van der Waals surface area (Å²) in [4.78, 5) is 0. The van der Waals surface area contributed by atoms with Gasteiger partial charge < -0.3 is 14.8 Å². The van der Waals surface area contributed by atoms with Gasteiger partial charge in [0.1, 0.15) is 0 Å². The first-order valence-electron chi connectivity index (χ1n) is 6.24. The fourth-order valence-corrected chi connectivity index (χ4v) is 1.87. The van der Waals surface area contributed by atoms with Crippen molar-refractivity contribution in [3.05, 3.63) is 53.6 Å². The van der Waals surface area contributed by atoms with Crippen molar-refractivity contribution in [3.63, 3.8) is 0 Å². The first-order valence-corrected chi connectivity index (χ1v) is 6.24. The first-order chi connectivity index (χ1) is 9.22. The zero-order chi connectivity index (χ0) is 13.7. The second kappa shape index (κ2) is 6.14. The summed E-state index contributed by atoms with van der Waals surface area (Å²) in [6, 6.07) is 14.3. The molecule has 0 saturated heterocycles. The van der Waals surface area contributed by atoms with Gasteiger partial charge in [-0.05, 0) is 36.8 Å². The Hall–Kier alpha value is -2.16. The van der Waals surface area contributed by atoms with E-state index in [4.69, 9.17) is 9.47 Å². The summed E-state index contributed by atoms with van der Waals surface area (Å²) in [6.07, 6.45) is 0. The van der Waals surface area contributed by atoms with E-state index in [0.29, 0.717) is 0 Å². The van der Waals surface area contributed by atoms with Crippen LogP contribution in [0.3, 0.4) is 0 Å². The minimum Gasteiger partial charge on any atom is -0.493 e. The van der Waals surface area contributed by atoms with Crippen LogP contribution in [0.2, 0.25) is 0 Å². The predicted molar refractivity (Wildman–Crippen MR) is 78.1 cm³/mol. The molecule has 2 rings (SSSR count). The Morgan fingerprint density at radius 2 is 1.58 bits per heavy atom. The Morgan fingerprint density at radius 3 is 2.21 bits per heavy atom. The summed E-state index contributed by atoms with van der Waals surface area (Å²) in [7, 11) is 3.29. The van der Waals surface area contributed by atoms with Crippen molar-refractivity contribution < 1.29 is 9.47 Å². The van der Waals surface area contributed by atoms with Crippen LogP contribution in [-0.2, 0) is 6.54 Å². The van der Waals surface area contributed by atoms with Crippen LogP contribution >= 0.6 is 0 Å². The molecule has 0 aromatic heterocycles. The zero-order valence-corrected chi connectivity index (χ0v) is 11.6. The van der Waals surface area contributed by atoms with Crippen LogP contribution in [0.1, 0.15) is 11.1 Å². The number of anilines is 1. The van der Waals surface area contributed by atoms with Crippen LogP contribution in [0.15, 0.2) is 42.5 Å². The molecule has 0 aliphatic carbocycles. The van der Waals surface area contributed by atoms with Crippen LogP contribution in [0, 0.1) is 6.92 Å². The SMILES string of the molecule is COc1ccc(CNc2ccc(C)cc2)cc1OC. The van der Waals surface area contributed by atoms with Gasteiger partial charge in [-0.2, -0.15) is 0 Å². The minimum atomic E-state index is 0.751. The van der Waals surface area contributed by atoms with E-state index in [1.807, 2.05) is 18.2 Å². The maximum absolute atomic E-state index is 5.29. The lowest BCUT2D eigenvalue weighted by Gasteiger charge is -2.11. The van der Waals surface area contributed by atoms with Gasteiger partial charge in [0.25, 0.3) is 0 Å². The summed E-state index contributed by atoms with van der Waals surface area (Å²) >= 11 is 0. The van der Waals surface area contributed by atoms with Crippen LogP contribution in [0.25, 0.3) is 0 Å². The van der Waals surface area contributed by atoms with Gasteiger partial charge in [-0.1, -0.05) is 23.8 Å². The lowest BCUT2D eigenvalue weighted by atomic mass is 10.2. The van der Waals surface area contributed by atoms with Crippen LogP contribution in [-0.4, -0.2) is 14.2 Å². The summed E-state index contributed by atoms with van der Waals surface area (Å²) < 4.78 is 10.5. The zero-order valence-electron chi connectivity index (χ0n) is 11.6. The quantitative estimate of drug-likeness (QED) is 0.887. The average molecular weight is 257 g/mol. The van der Waals surface area contributed by atoms with E-state index < -0.39 is 0 Å². The van der Waals surface area contributed by atoms with E-state index in [1.54, 1.807) is 14.2 Å². The molecule has 0 aliphatic heterocycles. The molecular weight excluding hydrogens is 238 g/mol. The second-order valence-electron chi connectivity index (χ2n) is 4.41. The lowest BCUT2D eigenvalue weighted by Crippen LogP contribution is -2.00. The van der Waals surface area contributed by atoms with Crippen molar-refractivity contribution in [2.75, 3.05) is 19.5 Å². The van der Waals surface area contributed by atoms with Gasteiger partial charge in [0.2, 0.25) is 0 Å². The summed E-state index contributed by atoms with van der Waals surface area (Å²) in [5.41, 5.74) is 3.52. The maximum atomic E-state index is 5.29. The number of hydrogen-bond donors (Lipinski definition) is 1. The Morgan fingerprint density at radius 1 is 0.895 bits per heavy atom. The van der Waals surface area contributed by atoms with Crippen molar-refractivity contribution in [3.8, 4) is 11.5 Å². The molecule has 0 aliphatic rings. The first kappa shape index (κ1) is 13.3. The number of aryl methyl sites for hydroxylation is 1. The predicted octanol–water partition coefficient (Wildman–Crippen LogP) is 3.62. The molecule has 0 radical (unpaired) electrons. The molecule has 0 fully saturated rings. The molecule has 0 saturated carbocycles. The molecular formula is C16H19NO2. The highest BCUT2D eigenvalue weighted by Crippen LogP contribution is 2.27. The van der Waals surface area contributed by atoms with Crippen LogP contribution < -0.4 is 14.8 Å². The van der Waals surface area contributed by atoms with Crippen molar-refractivity contribution in [2.45, 2.75) is 13.5 Å². The van der Waals surface area contributed by atoms with Gasteiger partial charge in [-0.15, -0.1) is 0 Å². The molecule has 100 valence electrons. The highest BCUT2D eigenvalue weighted by Gasteiger charge is 2.04. The highest BCUT2D eigenvalue weighted by molar-refractivity contribution is 5.47. The Bertz CT molecular complexity index is 535. The van der Waals surface area contributed by atoms with Gasteiger partial charge in [-0.25, -0.2) is 0 Å². The van der Waals surface area contributed by atoms with E-state index in [2.05, 4.69) is 36.5 Å². The maximum Gasteiger partial charge on any atom is 0.161 e. The third-order valence-corrected chi connectivity index (χ3v) is 3.00. The van der Waals surface area contributed by atoms with Gasteiger partial charge in [-0.3, -0.25) is 0 Å². The Balaban J connectivity index is 2.05. The number of ether oxygens (including phenoxy) is 2. The Kier molecular flexibility index (Phi) is 4.29. The third kappa shape index (κ3) is 3.41. The minimum absolute atomic E-state index is 0.751. The van der Waals surface area contributed by atoms with Gasteiger partial charge in [0, 0.05) is 12.2 Å². The average Bonchev–Trinajstić information content (AvgIpc) is 2.46. The molecule has 0 heterocycles. The molecule has 1 N–H and O–H groups in total. The molecule has 0 atom stereocenters. The van der Waals surface area contributed by atoms with Crippen LogP contribution in [0.4, 0.5) is 5.69 Å². The molecule has 0 bridgehead atoms. The van der Waals surface area contributed by atoms with Gasteiger partial charge >= 0.3 is 0 Å². The van der Waals surface area contributed by atoms with E-state index in [0.717, 1.165) is 29.3 Å². The van der Waals surface area contributed by atoms with Gasteiger partial charge in [0.15, 0.2) is 11.5 Å². The summed E-state index contributed by atoms with van der Waals surface area (Å²) in [5, 5.41) is 3.38. The number of methoxy groups -OCH3 is 2. The largest absolute Gasteiger partial charge is 0.493 e. The molecule has 19 heavy (non-hydrogen) atoms. The smallest absolute Gasteiger partial charge is 0.161 e. The van der Waals surface area contributed by atoms with Crippen molar-refractivity contribution in [2.24, 2.45) is 0 Å². The summed E-state index contributed by atoms with van der Waals surface area (Å²) in [5.74, 6) is 1.51. The normalized spacial score (nSPS) is 10.1. The number of rotatable bonds is 5. The van der Waals surface area contributed by atoms with E-state index in [-0.39, 0.29) is 0 Å². The van der Waals surface area contributed by atoms with E-state index in [9.17, 15) is 0 Å². The molecule has 3 nitrogen and oxygen atoms in total. The lowest BCUT2D eigenvalue weighted by molar-refractivity contribution is 0.354. The highest BCUT2D eigenvalue weighted by atomic mass is 16.5. The molecule has 3 heteroatoms. The van der Waals surface area contributed by atoms with Crippen LogP contribution in [0.5, 0.6) is 11.5 Å². The van der Waals surface area contributed by atoms with Gasteiger partial charge in [0.05, 0.1) is 14.2 Å². The fourth-order valence-electron chi connectivity index (χ4n) is 1.87. The molecule has 0 unspecified atom stereocenters. The molecule has 0 spiro atoms. The molecule has 0 amide bonds. The number of nitrogens with one attached hydrogen (secondary N) is 1. The topological polar surface area (TPSA) is 30.5 Å². The fraction of sp³-hybridized carbons (Fsp3) is 0.250. The van der Waals surface area contributed by atoms with Crippen molar-refractivity contribution in [1.82, 2.24) is 0 Å². The number of hydrogen-bond acceptors (Lipinski definition) is 3. The molecule has 2 aromatic rings. The second-order valence-corrected chi connectivity index (χ2v) is 4.41. The third-order valence-electron chi connectivity index (χ3n) is 3.00. The number of benzene rings is 2. The monoisotopic (exact) mass is 257 g/mol. The summed E-state index contributed by atoms with van der Waals surface area (Å²) in [6.45, 7) is 2.83. The van der Waals surface area contributed by atoms with E-state index in [1.165, 1.54) is 5.56 Å². The standard InChI is InChI=1S/C16H19NO2/c1-12-4-7-14(8-5-12)17-11-13-6-9-15(18-2)16(10-13)19-3/h4-10,17H,11H2,1-3H3. The Labute approximate surface area is 114 Å². The van der Waals surface area contributed by atoms with E-state index >= 15 is 0 Å². The van der Waals surface area contributed by atoms with Crippen molar-refractivity contribution in [1.29, 1.82) is 0 Å². The molecule has 2 aromatic carbocycles.